The smallest absolute Gasteiger partial charge is 0.178 e. The molecule has 0 aromatic carbocycles. The Morgan fingerprint density at radius 2 is 1.67 bits per heavy atom. The Hall–Kier alpha value is -1.40. The van der Waals surface area contributed by atoms with Crippen LogP contribution in [-0.2, 0) is 4.79 Å². The number of nitrogens with zero attached hydrogens (tertiary/aromatic N) is 1. The number of hydrogen-bond donors (Lipinski definition) is 1. The molecule has 200 valence electrons. The molecule has 2 N–H and O–H groups in total. The van der Waals surface area contributed by atoms with E-state index in [1.807, 2.05) is 13.8 Å². The van der Waals surface area contributed by atoms with E-state index < -0.39 is 5.41 Å². The first-order chi connectivity index (χ1) is 16.8. The molecule has 8 unspecified atom stereocenters. The lowest BCUT2D eigenvalue weighted by Gasteiger charge is -2.69. The molecule has 0 heterocycles. The Bertz CT molecular complexity index is 998. The van der Waals surface area contributed by atoms with Gasteiger partial charge in [0.05, 0.1) is 5.57 Å². The molecule has 8 atom stereocenters. The van der Waals surface area contributed by atoms with E-state index in [1.165, 1.54) is 44.1 Å². The fraction of sp³-hybridized carbons (Fsp3) is 0.818. The molecule has 0 spiro atoms. The first kappa shape index (κ1) is 27.6. The molecule has 0 amide bonds. The number of carbonyl (C=O) groups excluding carboxylic acids is 1. The van der Waals surface area contributed by atoms with E-state index in [9.17, 15) is 10.1 Å². The van der Waals surface area contributed by atoms with E-state index in [0.29, 0.717) is 34.7 Å². The lowest BCUT2D eigenvalue weighted by Crippen LogP contribution is -2.63. The van der Waals surface area contributed by atoms with Gasteiger partial charge in [0.15, 0.2) is 5.78 Å². The Morgan fingerprint density at radius 1 is 1.00 bits per heavy atom. The van der Waals surface area contributed by atoms with Gasteiger partial charge in [-0.25, -0.2) is 0 Å². The molecule has 0 aliphatic heterocycles. The second kappa shape index (κ2) is 8.83. The van der Waals surface area contributed by atoms with Crippen LogP contribution in [0.2, 0.25) is 0 Å². The van der Waals surface area contributed by atoms with Gasteiger partial charge in [-0.15, -0.1) is 0 Å². The first-order valence-corrected chi connectivity index (χ1v) is 14.8. The lowest BCUT2D eigenvalue weighted by atomic mass is 9.35. The largest absolute Gasteiger partial charge is 0.330 e. The highest BCUT2D eigenvalue weighted by Gasteiger charge is 2.67. The molecule has 0 aromatic heterocycles. The fourth-order valence-corrected chi connectivity index (χ4v) is 10.6. The average molecular weight is 493 g/mol. The Morgan fingerprint density at radius 3 is 2.28 bits per heavy atom. The van der Waals surface area contributed by atoms with Crippen LogP contribution in [-0.4, -0.2) is 12.3 Å². The molecule has 3 heteroatoms. The van der Waals surface area contributed by atoms with Crippen molar-refractivity contribution >= 4 is 5.78 Å². The van der Waals surface area contributed by atoms with Crippen LogP contribution >= 0.6 is 0 Å². The number of fused-ring (bicyclic) bond motifs is 7. The number of nitriles is 1. The summed E-state index contributed by atoms with van der Waals surface area (Å²) >= 11 is 0. The zero-order valence-electron chi connectivity index (χ0n) is 24.5. The van der Waals surface area contributed by atoms with E-state index >= 15 is 0 Å². The maximum atomic E-state index is 13.2. The molecule has 36 heavy (non-hydrogen) atoms. The predicted octanol–water partition coefficient (Wildman–Crippen LogP) is 7.87. The first-order valence-electron chi connectivity index (χ1n) is 14.8. The van der Waals surface area contributed by atoms with Crippen molar-refractivity contribution in [2.24, 2.45) is 62.4 Å². The molecule has 5 aliphatic rings. The van der Waals surface area contributed by atoms with Crippen molar-refractivity contribution in [2.75, 3.05) is 6.54 Å². The van der Waals surface area contributed by atoms with Crippen molar-refractivity contribution in [3.63, 3.8) is 0 Å². The number of hydrogen-bond acceptors (Lipinski definition) is 3. The van der Waals surface area contributed by atoms with Crippen LogP contribution in [0.15, 0.2) is 23.8 Å². The van der Waals surface area contributed by atoms with Crippen molar-refractivity contribution in [2.45, 2.75) is 107 Å². The third-order valence-electron chi connectivity index (χ3n) is 12.4. The molecule has 5 aliphatic carbocycles. The number of allylic oxidation sites excluding steroid dienone is 3. The number of nitrogens with two attached hydrogens (primary N) is 1. The predicted molar refractivity (Wildman–Crippen MR) is 149 cm³/mol. The van der Waals surface area contributed by atoms with Crippen molar-refractivity contribution < 1.29 is 4.79 Å². The summed E-state index contributed by atoms with van der Waals surface area (Å²) in [6, 6.07) is 2.28. The van der Waals surface area contributed by atoms with Crippen LogP contribution in [0.3, 0.4) is 0 Å². The second-order valence-electron chi connectivity index (χ2n) is 14.8. The lowest BCUT2D eigenvalue weighted by molar-refractivity contribution is -0.170. The fourth-order valence-electron chi connectivity index (χ4n) is 10.6. The van der Waals surface area contributed by atoms with Gasteiger partial charge in [-0.05, 0) is 109 Å². The summed E-state index contributed by atoms with van der Waals surface area (Å²) in [6.45, 7) is 23.6. The topological polar surface area (TPSA) is 66.9 Å². The van der Waals surface area contributed by atoms with E-state index in [2.05, 4.69) is 53.7 Å². The summed E-state index contributed by atoms with van der Waals surface area (Å²) in [4.78, 5) is 13.2. The van der Waals surface area contributed by atoms with Gasteiger partial charge in [0.1, 0.15) is 6.07 Å². The Kier molecular flexibility index (Phi) is 6.78. The number of rotatable bonds is 1. The molecule has 5 rings (SSSR count). The van der Waals surface area contributed by atoms with Gasteiger partial charge in [-0.2, -0.15) is 5.26 Å². The monoisotopic (exact) mass is 492 g/mol. The highest BCUT2D eigenvalue weighted by molar-refractivity contribution is 6.04. The van der Waals surface area contributed by atoms with Crippen LogP contribution < -0.4 is 5.73 Å². The minimum Gasteiger partial charge on any atom is -0.330 e. The van der Waals surface area contributed by atoms with Crippen LogP contribution in [0.5, 0.6) is 0 Å². The van der Waals surface area contributed by atoms with Gasteiger partial charge >= 0.3 is 0 Å². The highest BCUT2D eigenvalue weighted by atomic mass is 16.1. The van der Waals surface area contributed by atoms with Gasteiger partial charge in [-0.3, -0.25) is 4.79 Å². The quantitative estimate of drug-likeness (QED) is 0.379. The molecule has 4 fully saturated rings. The zero-order chi connectivity index (χ0) is 26.9. The molecule has 4 saturated carbocycles. The van der Waals surface area contributed by atoms with Crippen LogP contribution in [0, 0.1) is 68.0 Å². The standard InChI is InChI=1S/C31H46N2O.C2H6/c1-19-14-24-29(6,10-9-23-28(4,5)26(34)20(17-32)15-30(23,24)7)21-8-11-31(18-33)13-12-27(2,3)16-22(31)25(19)21;1-2/h15,21-25H,1,8-14,16,18,33H2,2-7H3;1-2H3. The highest BCUT2D eigenvalue weighted by Crippen LogP contribution is 2.73. The van der Waals surface area contributed by atoms with E-state index in [4.69, 9.17) is 12.3 Å². The summed E-state index contributed by atoms with van der Waals surface area (Å²) in [6.07, 6.45) is 11.7. The average Bonchev–Trinajstić information content (AvgIpc) is 2.83. The van der Waals surface area contributed by atoms with Crippen molar-refractivity contribution in [1.29, 1.82) is 5.26 Å². The van der Waals surface area contributed by atoms with Gasteiger partial charge in [0.2, 0.25) is 0 Å². The Labute approximate surface area is 221 Å². The Balaban J connectivity index is 0.00000148. The summed E-state index contributed by atoms with van der Waals surface area (Å²) in [5.74, 6) is 2.61. The van der Waals surface area contributed by atoms with E-state index in [-0.39, 0.29) is 27.9 Å². The molecule has 0 saturated heterocycles. The molecule has 0 bridgehead atoms. The van der Waals surface area contributed by atoms with Gasteiger partial charge in [0.25, 0.3) is 0 Å². The third-order valence-corrected chi connectivity index (χ3v) is 12.4. The minimum absolute atomic E-state index is 0.0448. The second-order valence-corrected chi connectivity index (χ2v) is 14.8. The molecule has 0 radical (unpaired) electrons. The zero-order valence-corrected chi connectivity index (χ0v) is 24.5. The van der Waals surface area contributed by atoms with Gasteiger partial charge < -0.3 is 5.73 Å². The normalized spacial score (nSPS) is 46.4. The number of carbonyl (C=O) groups is 1. The summed E-state index contributed by atoms with van der Waals surface area (Å²) < 4.78 is 0. The number of Topliss-reactive ketones (excluding diaryl/α,β-unsaturated/α-hetero) is 1. The maximum absolute atomic E-state index is 13.2. The summed E-state index contributed by atoms with van der Waals surface area (Å²) in [5.41, 5.74) is 8.64. The summed E-state index contributed by atoms with van der Waals surface area (Å²) in [5, 5.41) is 9.86. The van der Waals surface area contributed by atoms with Crippen molar-refractivity contribution in [3.05, 3.63) is 23.8 Å². The molecule has 3 nitrogen and oxygen atoms in total. The molecule has 0 aromatic rings. The maximum Gasteiger partial charge on any atom is 0.178 e. The van der Waals surface area contributed by atoms with Crippen LogP contribution in [0.1, 0.15) is 107 Å². The van der Waals surface area contributed by atoms with Crippen molar-refractivity contribution in [3.8, 4) is 6.07 Å². The minimum atomic E-state index is -0.483. The van der Waals surface area contributed by atoms with E-state index in [0.717, 1.165) is 19.4 Å². The molecular formula is C33H52N2O. The van der Waals surface area contributed by atoms with Crippen LogP contribution in [0.4, 0.5) is 0 Å². The third kappa shape index (κ3) is 3.64. The van der Waals surface area contributed by atoms with E-state index in [1.54, 1.807) is 0 Å². The molecular weight excluding hydrogens is 440 g/mol. The van der Waals surface area contributed by atoms with Gasteiger partial charge in [-0.1, -0.05) is 73.6 Å². The summed E-state index contributed by atoms with van der Waals surface area (Å²) in [7, 11) is 0. The van der Waals surface area contributed by atoms with Gasteiger partial charge in [0, 0.05) is 5.41 Å². The SMILES string of the molecule is C=C1CC2C3(C)C=C(C#N)C(=O)C(C)(C)C3CCC2(C)C2CCC3(CN)CCC(C)(C)CC3C12.CC. The number of ketones is 1. The van der Waals surface area contributed by atoms with Crippen molar-refractivity contribution in [1.82, 2.24) is 0 Å². The van der Waals surface area contributed by atoms with Crippen LogP contribution in [0.25, 0.3) is 0 Å².